The van der Waals surface area contributed by atoms with E-state index >= 15 is 0 Å². The van der Waals surface area contributed by atoms with Gasteiger partial charge in [-0.15, -0.1) is 11.3 Å². The number of fused-ring (bicyclic) bond motifs is 1. The lowest BCUT2D eigenvalue weighted by atomic mass is 10.1. The summed E-state index contributed by atoms with van der Waals surface area (Å²) in [6.45, 7) is 2.12. The topological polar surface area (TPSA) is 26.0 Å². The first-order valence-corrected chi connectivity index (χ1v) is 6.03. The maximum absolute atomic E-state index is 5.28. The first-order chi connectivity index (χ1) is 7.83. The molecule has 80 valence electrons. The van der Waals surface area contributed by atoms with Crippen LogP contribution in [0.3, 0.4) is 0 Å². The lowest BCUT2D eigenvalue weighted by Crippen LogP contribution is -1.84. The van der Waals surface area contributed by atoms with Gasteiger partial charge in [0.1, 0.15) is 0 Å². The van der Waals surface area contributed by atoms with Gasteiger partial charge >= 0.3 is 0 Å². The zero-order valence-electron chi connectivity index (χ0n) is 8.93. The van der Waals surface area contributed by atoms with Crippen molar-refractivity contribution in [2.24, 2.45) is 0 Å². The van der Waals surface area contributed by atoms with E-state index in [0.29, 0.717) is 0 Å². The van der Waals surface area contributed by atoms with E-state index in [9.17, 15) is 0 Å². The Labute approximate surface area is 97.5 Å². The molecule has 0 bridgehead atoms. The van der Waals surface area contributed by atoms with E-state index < -0.39 is 0 Å². The molecule has 0 amide bonds. The molecule has 16 heavy (non-hydrogen) atoms. The van der Waals surface area contributed by atoms with E-state index in [0.717, 1.165) is 23.1 Å². The minimum atomic E-state index is 0.857. The Morgan fingerprint density at radius 2 is 2.06 bits per heavy atom. The fourth-order valence-electron chi connectivity index (χ4n) is 1.81. The van der Waals surface area contributed by atoms with Crippen LogP contribution < -0.4 is 0 Å². The normalized spacial score (nSPS) is 11.1. The number of rotatable bonds is 2. The van der Waals surface area contributed by atoms with Gasteiger partial charge in [-0.05, 0) is 31.2 Å². The summed E-state index contributed by atoms with van der Waals surface area (Å²) in [5.74, 6) is 0. The second-order valence-electron chi connectivity index (χ2n) is 3.81. The minimum absolute atomic E-state index is 0.857. The van der Waals surface area contributed by atoms with Gasteiger partial charge in [-0.25, -0.2) is 0 Å². The highest BCUT2D eigenvalue weighted by molar-refractivity contribution is 7.11. The van der Waals surface area contributed by atoms with Crippen LogP contribution in [0.5, 0.6) is 0 Å². The van der Waals surface area contributed by atoms with E-state index in [-0.39, 0.29) is 0 Å². The van der Waals surface area contributed by atoms with Crippen LogP contribution in [-0.4, -0.2) is 5.16 Å². The molecule has 3 rings (SSSR count). The summed E-state index contributed by atoms with van der Waals surface area (Å²) < 4.78 is 5.28. The molecule has 0 saturated carbocycles. The van der Waals surface area contributed by atoms with Gasteiger partial charge in [0.2, 0.25) is 0 Å². The summed E-state index contributed by atoms with van der Waals surface area (Å²) in [5.41, 5.74) is 1.89. The number of aromatic nitrogens is 1. The summed E-state index contributed by atoms with van der Waals surface area (Å²) >= 11 is 1.81. The van der Waals surface area contributed by atoms with E-state index in [2.05, 4.69) is 30.3 Å². The van der Waals surface area contributed by atoms with Crippen LogP contribution in [0.1, 0.15) is 15.4 Å². The Bertz CT molecular complexity index is 623. The number of aryl methyl sites for hydroxylation is 1. The molecule has 3 aromatic rings. The van der Waals surface area contributed by atoms with E-state index in [1.807, 2.05) is 29.5 Å². The lowest BCUT2D eigenvalue weighted by Gasteiger charge is -1.92. The Morgan fingerprint density at radius 1 is 1.19 bits per heavy atom. The fraction of sp³-hybridized carbons (Fsp3) is 0.154. The fourth-order valence-corrected chi connectivity index (χ4v) is 2.71. The largest absolute Gasteiger partial charge is 0.356 e. The second-order valence-corrected chi connectivity index (χ2v) is 5.19. The first-order valence-electron chi connectivity index (χ1n) is 5.21. The molecule has 2 heterocycles. The molecule has 1 aromatic carbocycles. The second kappa shape index (κ2) is 3.76. The Hall–Kier alpha value is -1.61. The van der Waals surface area contributed by atoms with Crippen LogP contribution in [0.25, 0.3) is 11.0 Å². The quantitative estimate of drug-likeness (QED) is 0.668. The van der Waals surface area contributed by atoms with Gasteiger partial charge in [0.25, 0.3) is 0 Å². The zero-order chi connectivity index (χ0) is 11.0. The Balaban J connectivity index is 2.00. The van der Waals surface area contributed by atoms with Crippen molar-refractivity contribution in [1.82, 2.24) is 5.16 Å². The van der Waals surface area contributed by atoms with Crippen molar-refractivity contribution in [2.45, 2.75) is 13.3 Å². The summed E-state index contributed by atoms with van der Waals surface area (Å²) in [5, 5.41) is 5.25. The number of nitrogens with zero attached hydrogens (tertiary/aromatic N) is 1. The van der Waals surface area contributed by atoms with Crippen LogP contribution in [0, 0.1) is 6.92 Å². The van der Waals surface area contributed by atoms with Gasteiger partial charge in [-0.2, -0.15) is 0 Å². The molecule has 0 fully saturated rings. The highest BCUT2D eigenvalue weighted by atomic mass is 32.1. The van der Waals surface area contributed by atoms with Gasteiger partial charge in [-0.1, -0.05) is 17.3 Å². The molecular weight excluding hydrogens is 218 g/mol. The molecule has 0 radical (unpaired) electrons. The van der Waals surface area contributed by atoms with Gasteiger partial charge in [0, 0.05) is 21.6 Å². The summed E-state index contributed by atoms with van der Waals surface area (Å²) in [4.78, 5) is 2.67. The van der Waals surface area contributed by atoms with Gasteiger partial charge in [-0.3, -0.25) is 0 Å². The van der Waals surface area contributed by atoms with Crippen molar-refractivity contribution in [2.75, 3.05) is 0 Å². The number of hydrogen-bond donors (Lipinski definition) is 0. The predicted octanol–water partition coefficient (Wildman–Crippen LogP) is 3.79. The summed E-state index contributed by atoms with van der Waals surface area (Å²) in [6, 6.07) is 12.3. The van der Waals surface area contributed by atoms with Crippen LogP contribution in [-0.2, 0) is 6.42 Å². The van der Waals surface area contributed by atoms with Crippen LogP contribution >= 0.6 is 11.3 Å². The molecule has 2 aromatic heterocycles. The highest BCUT2D eigenvalue weighted by Gasteiger charge is 2.08. The standard InChI is InChI=1S/C13H11NOS/c1-9-6-7-10(16-9)8-12-11-4-2-3-5-13(11)15-14-12/h2-7H,8H2,1H3. The molecule has 2 nitrogen and oxygen atoms in total. The van der Waals surface area contributed by atoms with E-state index in [1.165, 1.54) is 9.75 Å². The third-order valence-electron chi connectivity index (χ3n) is 2.59. The zero-order valence-corrected chi connectivity index (χ0v) is 9.75. The summed E-state index contributed by atoms with van der Waals surface area (Å²) in [6.07, 6.45) is 0.857. The van der Waals surface area contributed by atoms with Crippen molar-refractivity contribution < 1.29 is 4.52 Å². The van der Waals surface area contributed by atoms with Crippen molar-refractivity contribution in [3.63, 3.8) is 0 Å². The van der Waals surface area contributed by atoms with E-state index in [1.54, 1.807) is 0 Å². The van der Waals surface area contributed by atoms with Gasteiger partial charge in [0.05, 0.1) is 5.69 Å². The molecule has 0 saturated heterocycles. The maximum atomic E-state index is 5.28. The first kappa shape index (κ1) is 9.60. The van der Waals surface area contributed by atoms with Crippen molar-refractivity contribution in [1.29, 1.82) is 0 Å². The Morgan fingerprint density at radius 3 is 2.88 bits per heavy atom. The number of benzene rings is 1. The third kappa shape index (κ3) is 1.63. The molecule has 0 spiro atoms. The molecule has 0 unspecified atom stereocenters. The van der Waals surface area contributed by atoms with Gasteiger partial charge < -0.3 is 4.52 Å². The average molecular weight is 229 g/mol. The number of thiophene rings is 1. The van der Waals surface area contributed by atoms with Crippen molar-refractivity contribution >= 4 is 22.3 Å². The van der Waals surface area contributed by atoms with Gasteiger partial charge in [0.15, 0.2) is 5.58 Å². The molecule has 0 aliphatic heterocycles. The van der Waals surface area contributed by atoms with Crippen molar-refractivity contribution in [3.8, 4) is 0 Å². The predicted molar refractivity (Wildman–Crippen MR) is 65.9 cm³/mol. The molecular formula is C13H11NOS. The molecule has 0 aliphatic rings. The van der Waals surface area contributed by atoms with Crippen molar-refractivity contribution in [3.05, 3.63) is 51.8 Å². The lowest BCUT2D eigenvalue weighted by molar-refractivity contribution is 0.448. The highest BCUT2D eigenvalue weighted by Crippen LogP contribution is 2.23. The SMILES string of the molecule is Cc1ccc(Cc2noc3ccccc23)s1. The van der Waals surface area contributed by atoms with Crippen LogP contribution in [0.15, 0.2) is 40.9 Å². The van der Waals surface area contributed by atoms with Crippen LogP contribution in [0.2, 0.25) is 0 Å². The maximum Gasteiger partial charge on any atom is 0.167 e. The molecule has 0 N–H and O–H groups in total. The minimum Gasteiger partial charge on any atom is -0.356 e. The average Bonchev–Trinajstić information content (AvgIpc) is 2.87. The smallest absolute Gasteiger partial charge is 0.167 e. The Kier molecular flexibility index (Phi) is 2.26. The third-order valence-corrected chi connectivity index (χ3v) is 3.59. The number of hydrogen-bond acceptors (Lipinski definition) is 3. The van der Waals surface area contributed by atoms with E-state index in [4.69, 9.17) is 4.52 Å². The molecule has 0 aliphatic carbocycles. The molecule has 0 atom stereocenters. The molecule has 3 heteroatoms. The number of para-hydroxylation sites is 1. The summed E-state index contributed by atoms with van der Waals surface area (Å²) in [7, 11) is 0. The monoisotopic (exact) mass is 229 g/mol. The van der Waals surface area contributed by atoms with Crippen LogP contribution in [0.4, 0.5) is 0 Å².